The van der Waals surface area contributed by atoms with Crippen molar-refractivity contribution < 1.29 is 17.9 Å². The number of rotatable bonds is 8. The van der Waals surface area contributed by atoms with Gasteiger partial charge in [-0.2, -0.15) is 4.72 Å². The van der Waals surface area contributed by atoms with Crippen molar-refractivity contribution in [2.75, 3.05) is 39.8 Å². The molecule has 0 saturated carbocycles. The normalized spacial score (nSPS) is 15.9. The summed E-state index contributed by atoms with van der Waals surface area (Å²) in [6.45, 7) is 6.37. The van der Waals surface area contributed by atoms with Gasteiger partial charge in [-0.05, 0) is 26.0 Å². The monoisotopic (exact) mass is 525 g/mol. The van der Waals surface area contributed by atoms with E-state index < -0.39 is 16.1 Å². The Hall–Kier alpha value is -2.44. The smallest absolute Gasteiger partial charge is 0.258 e. The van der Waals surface area contributed by atoms with Gasteiger partial charge in [0.1, 0.15) is 16.7 Å². The molecule has 0 aliphatic carbocycles. The number of carbonyl (C=O) groups is 1. The van der Waals surface area contributed by atoms with Crippen LogP contribution in [0.5, 0.6) is 5.75 Å². The molecular weight excluding hydrogens is 494 g/mol. The van der Waals surface area contributed by atoms with Crippen LogP contribution in [0.3, 0.4) is 0 Å². The van der Waals surface area contributed by atoms with E-state index in [0.29, 0.717) is 37.2 Å². The zero-order chi connectivity index (χ0) is 25.9. The molecule has 0 unspecified atom stereocenters. The van der Waals surface area contributed by atoms with E-state index in [4.69, 9.17) is 22.1 Å². The van der Waals surface area contributed by atoms with Crippen LogP contribution < -0.4 is 20.8 Å². The maximum Gasteiger partial charge on any atom is 0.258 e. The fraction of sp³-hybridized carbons (Fsp3) is 0.478. The number of nitrogens with two attached hydrogens (primary N) is 1. The zero-order valence-corrected chi connectivity index (χ0v) is 21.9. The Labute approximate surface area is 210 Å². The number of hydrogen-bond donors (Lipinski definition) is 2. The number of aryl methyl sites for hydroxylation is 1. The number of amides is 1. The summed E-state index contributed by atoms with van der Waals surface area (Å²) in [5, 5.41) is 0.307. The standard InChI is InChI=1S/C23H32ClN5O5S/c1-15(2)28-8-10-29(11-9-28)23(31)19(13-25)26-35(32,33)20-7-5-6-17(21(20)34-4)18-12-16(24)14-27(3)22(18)30/h5-7,12,14-15,19,26H,8-11,13,25H2,1-4H3/t19-/m0/s1. The summed E-state index contributed by atoms with van der Waals surface area (Å²) in [7, 11) is -1.38. The lowest BCUT2D eigenvalue weighted by Crippen LogP contribution is -2.57. The first-order valence-corrected chi connectivity index (χ1v) is 13.1. The molecule has 10 nitrogen and oxygen atoms in total. The molecule has 1 aromatic carbocycles. The predicted molar refractivity (Wildman–Crippen MR) is 135 cm³/mol. The van der Waals surface area contributed by atoms with Crippen molar-refractivity contribution in [2.24, 2.45) is 12.8 Å². The predicted octanol–water partition coefficient (Wildman–Crippen LogP) is 0.873. The molecule has 1 aliphatic rings. The highest BCUT2D eigenvalue weighted by molar-refractivity contribution is 7.89. The summed E-state index contributed by atoms with van der Waals surface area (Å²) in [6, 6.07) is 5.10. The maximum atomic E-state index is 13.4. The SMILES string of the molecule is COc1c(-c2cc(Cl)cn(C)c2=O)cccc1S(=O)(=O)N[C@@H](CN)C(=O)N1CCN(C(C)C)CC1. The summed E-state index contributed by atoms with van der Waals surface area (Å²) in [6.07, 6.45) is 1.46. The Morgan fingerprint density at radius 1 is 1.20 bits per heavy atom. The number of methoxy groups -OCH3 is 1. The van der Waals surface area contributed by atoms with Crippen LogP contribution in [0.2, 0.25) is 5.02 Å². The number of aromatic nitrogens is 1. The van der Waals surface area contributed by atoms with Crippen molar-refractivity contribution in [1.29, 1.82) is 0 Å². The number of nitrogens with zero attached hydrogens (tertiary/aromatic N) is 3. The van der Waals surface area contributed by atoms with Crippen LogP contribution in [0.25, 0.3) is 11.1 Å². The second kappa shape index (κ2) is 11.1. The highest BCUT2D eigenvalue weighted by atomic mass is 35.5. The van der Waals surface area contributed by atoms with Gasteiger partial charge in [-0.1, -0.05) is 23.7 Å². The Kier molecular flexibility index (Phi) is 8.60. The molecule has 0 radical (unpaired) electrons. The van der Waals surface area contributed by atoms with E-state index in [2.05, 4.69) is 23.5 Å². The summed E-state index contributed by atoms with van der Waals surface area (Å²) >= 11 is 6.13. The van der Waals surface area contributed by atoms with Gasteiger partial charge in [-0.25, -0.2) is 8.42 Å². The van der Waals surface area contributed by atoms with E-state index in [-0.39, 0.29) is 39.8 Å². The van der Waals surface area contributed by atoms with Gasteiger partial charge >= 0.3 is 0 Å². The highest BCUT2D eigenvalue weighted by Crippen LogP contribution is 2.35. The van der Waals surface area contributed by atoms with Crippen molar-refractivity contribution in [2.45, 2.75) is 30.8 Å². The molecule has 1 amide bonds. The van der Waals surface area contributed by atoms with E-state index >= 15 is 0 Å². The van der Waals surface area contributed by atoms with Gasteiger partial charge in [0.2, 0.25) is 15.9 Å². The van der Waals surface area contributed by atoms with E-state index in [1.165, 1.54) is 36.1 Å². The molecule has 12 heteroatoms. The van der Waals surface area contributed by atoms with E-state index in [9.17, 15) is 18.0 Å². The minimum atomic E-state index is -4.24. The van der Waals surface area contributed by atoms with Crippen molar-refractivity contribution in [3.63, 3.8) is 0 Å². The van der Waals surface area contributed by atoms with E-state index in [1.807, 2.05) is 0 Å². The molecule has 35 heavy (non-hydrogen) atoms. The van der Waals surface area contributed by atoms with Crippen LogP contribution >= 0.6 is 11.6 Å². The number of para-hydroxylation sites is 1. The number of hydrogen-bond acceptors (Lipinski definition) is 7. The number of nitrogens with one attached hydrogen (secondary N) is 1. The lowest BCUT2D eigenvalue weighted by molar-refractivity contribution is -0.134. The molecule has 1 aliphatic heterocycles. The second-order valence-corrected chi connectivity index (χ2v) is 10.8. The lowest BCUT2D eigenvalue weighted by Gasteiger charge is -2.38. The molecule has 0 spiro atoms. The lowest BCUT2D eigenvalue weighted by atomic mass is 10.1. The molecule has 1 atom stereocenters. The molecule has 192 valence electrons. The first kappa shape index (κ1) is 27.2. The van der Waals surface area contributed by atoms with Crippen molar-refractivity contribution in [3.05, 3.63) is 45.8 Å². The largest absolute Gasteiger partial charge is 0.495 e. The third-order valence-corrected chi connectivity index (χ3v) is 7.80. The zero-order valence-electron chi connectivity index (χ0n) is 20.3. The molecule has 2 aromatic rings. The average Bonchev–Trinajstić information content (AvgIpc) is 2.83. The Morgan fingerprint density at radius 2 is 1.86 bits per heavy atom. The summed E-state index contributed by atoms with van der Waals surface area (Å²) < 4.78 is 35.9. The maximum absolute atomic E-state index is 13.4. The van der Waals surface area contributed by atoms with Gasteiger partial charge in [-0.3, -0.25) is 14.5 Å². The quantitative estimate of drug-likeness (QED) is 0.523. The molecule has 0 bridgehead atoms. The van der Waals surface area contributed by atoms with Crippen LogP contribution in [0.1, 0.15) is 13.8 Å². The number of pyridine rings is 1. The van der Waals surface area contributed by atoms with Gasteiger partial charge in [-0.15, -0.1) is 0 Å². The van der Waals surface area contributed by atoms with Crippen LogP contribution in [0, 0.1) is 0 Å². The number of carbonyl (C=O) groups excluding carboxylic acids is 1. The number of piperazine rings is 1. The van der Waals surface area contributed by atoms with Crippen LogP contribution in [0.15, 0.2) is 40.2 Å². The van der Waals surface area contributed by atoms with Crippen molar-refractivity contribution >= 4 is 27.5 Å². The Bertz CT molecular complexity index is 1240. The van der Waals surface area contributed by atoms with Gasteiger partial charge < -0.3 is 19.9 Å². The fourth-order valence-corrected chi connectivity index (χ4v) is 5.79. The van der Waals surface area contributed by atoms with Crippen LogP contribution in [0.4, 0.5) is 0 Å². The van der Waals surface area contributed by atoms with Crippen molar-refractivity contribution in [1.82, 2.24) is 19.1 Å². The van der Waals surface area contributed by atoms with E-state index in [0.717, 1.165) is 0 Å². The van der Waals surface area contributed by atoms with E-state index in [1.54, 1.807) is 18.0 Å². The van der Waals surface area contributed by atoms with Gasteiger partial charge in [0.25, 0.3) is 5.56 Å². The molecule has 1 saturated heterocycles. The minimum Gasteiger partial charge on any atom is -0.495 e. The molecule has 1 fully saturated rings. The van der Waals surface area contributed by atoms with Crippen molar-refractivity contribution in [3.8, 4) is 16.9 Å². The van der Waals surface area contributed by atoms with Crippen LogP contribution in [-0.4, -0.2) is 80.6 Å². The molecule has 3 N–H and O–H groups in total. The minimum absolute atomic E-state index is 0.0341. The third-order valence-electron chi connectivity index (χ3n) is 6.10. The number of halogens is 1. The molecular formula is C23H32ClN5O5S. The second-order valence-electron chi connectivity index (χ2n) is 8.69. The third kappa shape index (κ3) is 5.87. The highest BCUT2D eigenvalue weighted by Gasteiger charge is 2.32. The van der Waals surface area contributed by atoms with Gasteiger partial charge in [0.05, 0.1) is 17.7 Å². The first-order valence-electron chi connectivity index (χ1n) is 11.3. The summed E-state index contributed by atoms with van der Waals surface area (Å²) in [5.41, 5.74) is 5.89. The first-order chi connectivity index (χ1) is 16.5. The molecule has 1 aromatic heterocycles. The Morgan fingerprint density at radius 3 is 2.43 bits per heavy atom. The fourth-order valence-electron chi connectivity index (χ4n) is 4.14. The number of sulfonamides is 1. The van der Waals surface area contributed by atoms with Gasteiger partial charge in [0.15, 0.2) is 0 Å². The summed E-state index contributed by atoms with van der Waals surface area (Å²) in [5.74, 6) is -0.411. The Balaban J connectivity index is 1.91. The number of ether oxygens (including phenoxy) is 1. The number of benzene rings is 1. The topological polar surface area (TPSA) is 127 Å². The van der Waals surface area contributed by atoms with Gasteiger partial charge in [0, 0.05) is 57.6 Å². The molecule has 2 heterocycles. The van der Waals surface area contributed by atoms with Crippen LogP contribution in [-0.2, 0) is 21.9 Å². The molecule has 3 rings (SSSR count). The summed E-state index contributed by atoms with van der Waals surface area (Å²) in [4.78, 5) is 29.5. The average molecular weight is 526 g/mol.